The fourth-order valence-electron chi connectivity index (χ4n) is 3.57. The maximum atomic E-state index is 10.8. The third-order valence-electron chi connectivity index (χ3n) is 4.85. The van der Waals surface area contributed by atoms with Crippen molar-refractivity contribution in [3.63, 3.8) is 0 Å². The summed E-state index contributed by atoms with van der Waals surface area (Å²) >= 11 is 1.63. The average molecular weight is 400 g/mol. The predicted molar refractivity (Wildman–Crippen MR) is 108 cm³/mol. The second kappa shape index (κ2) is 7.90. The van der Waals surface area contributed by atoms with Gasteiger partial charge in [-0.25, -0.2) is 4.98 Å². The second-order valence-corrected chi connectivity index (χ2v) is 8.08. The number of aryl methyl sites for hydroxylation is 3. The molecule has 0 saturated carbocycles. The van der Waals surface area contributed by atoms with Gasteiger partial charge < -0.3 is 9.52 Å². The average Bonchev–Trinajstić information content (AvgIpc) is 3.38. The topological polar surface area (TPSA) is 71.7 Å². The van der Waals surface area contributed by atoms with Crippen molar-refractivity contribution in [2.75, 3.05) is 6.54 Å². The van der Waals surface area contributed by atoms with Gasteiger partial charge in [-0.2, -0.15) is 5.10 Å². The van der Waals surface area contributed by atoms with Gasteiger partial charge in [0.05, 0.1) is 42.5 Å². The minimum absolute atomic E-state index is 0.466. The monoisotopic (exact) mass is 399 g/mol. The molecule has 1 N–H and O–H groups in total. The Balaban J connectivity index is 1.52. The van der Waals surface area contributed by atoms with Crippen molar-refractivity contribution in [2.45, 2.75) is 46.5 Å². The smallest absolute Gasteiger partial charge is 0.194 e. The highest BCUT2D eigenvalue weighted by atomic mass is 32.1. The first-order chi connectivity index (χ1) is 13.5. The van der Waals surface area contributed by atoms with Gasteiger partial charge in [-0.3, -0.25) is 14.0 Å². The molecule has 4 rings (SSSR count). The fourth-order valence-corrected chi connectivity index (χ4v) is 4.34. The third kappa shape index (κ3) is 4.04. The number of aliphatic hydroxyl groups is 1. The van der Waals surface area contributed by atoms with E-state index in [-0.39, 0.29) is 0 Å². The van der Waals surface area contributed by atoms with Crippen LogP contribution in [0.4, 0.5) is 0 Å². The highest BCUT2D eigenvalue weighted by Crippen LogP contribution is 2.20. The van der Waals surface area contributed by atoms with Crippen LogP contribution in [0, 0.1) is 20.8 Å². The normalized spacial score (nSPS) is 13.0. The second-order valence-electron chi connectivity index (χ2n) is 7.21. The Kier molecular flexibility index (Phi) is 5.34. The van der Waals surface area contributed by atoms with Gasteiger partial charge in [0.1, 0.15) is 5.76 Å². The molecule has 148 valence electrons. The van der Waals surface area contributed by atoms with Gasteiger partial charge in [-0.05, 0) is 39.0 Å². The van der Waals surface area contributed by atoms with Gasteiger partial charge in [-0.15, -0.1) is 11.3 Å². The zero-order chi connectivity index (χ0) is 19.7. The van der Waals surface area contributed by atoms with Gasteiger partial charge in [0, 0.05) is 30.4 Å². The molecular formula is C20H25N5O2S. The van der Waals surface area contributed by atoms with Crippen LogP contribution in [0.3, 0.4) is 0 Å². The molecule has 0 aliphatic heterocycles. The lowest BCUT2D eigenvalue weighted by atomic mass is 10.2. The molecule has 0 aliphatic rings. The molecule has 0 fully saturated rings. The summed E-state index contributed by atoms with van der Waals surface area (Å²) in [6.07, 6.45) is 3.19. The summed E-state index contributed by atoms with van der Waals surface area (Å²) in [7, 11) is 0. The molecule has 0 saturated heterocycles. The number of thiazole rings is 1. The Morgan fingerprint density at radius 1 is 1.29 bits per heavy atom. The Labute approximate surface area is 167 Å². The molecule has 28 heavy (non-hydrogen) atoms. The van der Waals surface area contributed by atoms with Crippen LogP contribution in [0.25, 0.3) is 4.96 Å². The number of furan rings is 1. The molecule has 4 aromatic rings. The van der Waals surface area contributed by atoms with Crippen molar-refractivity contribution in [2.24, 2.45) is 0 Å². The zero-order valence-corrected chi connectivity index (χ0v) is 17.2. The Morgan fingerprint density at radius 2 is 2.14 bits per heavy atom. The van der Waals surface area contributed by atoms with E-state index < -0.39 is 6.10 Å². The minimum Gasteiger partial charge on any atom is -0.468 e. The predicted octanol–water partition coefficient (Wildman–Crippen LogP) is 3.17. The summed E-state index contributed by atoms with van der Waals surface area (Å²) < 4.78 is 9.54. The van der Waals surface area contributed by atoms with Crippen LogP contribution < -0.4 is 0 Å². The molecule has 7 nitrogen and oxygen atoms in total. The van der Waals surface area contributed by atoms with E-state index in [0.717, 1.165) is 33.5 Å². The van der Waals surface area contributed by atoms with E-state index in [1.54, 1.807) is 17.6 Å². The maximum Gasteiger partial charge on any atom is 0.194 e. The Bertz CT molecular complexity index is 1050. The van der Waals surface area contributed by atoms with Crippen LogP contribution in [0.15, 0.2) is 40.5 Å². The summed E-state index contributed by atoms with van der Waals surface area (Å²) in [5.41, 5.74) is 4.18. The minimum atomic E-state index is -0.542. The van der Waals surface area contributed by atoms with E-state index in [1.165, 1.54) is 0 Å². The Morgan fingerprint density at radius 3 is 2.86 bits per heavy atom. The van der Waals surface area contributed by atoms with E-state index in [4.69, 9.17) is 4.42 Å². The SMILES string of the molecule is Cc1cc(C)n(CC(O)CN(Cc2ccco2)Cc2c(C)nc3sccn23)n1. The highest BCUT2D eigenvalue weighted by Gasteiger charge is 2.19. The molecule has 0 amide bonds. The lowest BCUT2D eigenvalue weighted by Crippen LogP contribution is -2.35. The highest BCUT2D eigenvalue weighted by molar-refractivity contribution is 7.15. The van der Waals surface area contributed by atoms with Crippen molar-refractivity contribution < 1.29 is 9.52 Å². The maximum absolute atomic E-state index is 10.8. The fraction of sp³-hybridized carbons (Fsp3) is 0.400. The summed E-state index contributed by atoms with van der Waals surface area (Å²) in [4.78, 5) is 7.83. The molecule has 1 unspecified atom stereocenters. The largest absolute Gasteiger partial charge is 0.468 e. The van der Waals surface area contributed by atoms with Crippen LogP contribution in [0.1, 0.15) is 28.5 Å². The molecule has 0 aromatic carbocycles. The summed E-state index contributed by atoms with van der Waals surface area (Å²) in [6, 6.07) is 5.88. The van der Waals surface area contributed by atoms with E-state index in [0.29, 0.717) is 26.2 Å². The number of imidazole rings is 1. The number of hydrogen-bond donors (Lipinski definition) is 1. The van der Waals surface area contributed by atoms with Crippen LogP contribution in [0.2, 0.25) is 0 Å². The molecule has 8 heteroatoms. The summed E-state index contributed by atoms with van der Waals surface area (Å²) in [5.74, 6) is 0.877. The zero-order valence-electron chi connectivity index (χ0n) is 16.4. The molecular weight excluding hydrogens is 374 g/mol. The Hall–Kier alpha value is -2.42. The number of nitrogens with zero attached hydrogens (tertiary/aromatic N) is 5. The molecule has 0 spiro atoms. The van der Waals surface area contributed by atoms with Crippen molar-refractivity contribution in [3.8, 4) is 0 Å². The van der Waals surface area contributed by atoms with Crippen LogP contribution in [-0.2, 0) is 19.6 Å². The van der Waals surface area contributed by atoms with Crippen LogP contribution >= 0.6 is 11.3 Å². The number of aromatic nitrogens is 4. The van der Waals surface area contributed by atoms with Gasteiger partial charge in [0.15, 0.2) is 4.96 Å². The summed E-state index contributed by atoms with van der Waals surface area (Å²) in [5, 5.41) is 17.3. The van der Waals surface area contributed by atoms with Gasteiger partial charge in [-0.1, -0.05) is 0 Å². The van der Waals surface area contributed by atoms with Crippen molar-refractivity contribution in [3.05, 3.63) is 64.6 Å². The van der Waals surface area contributed by atoms with E-state index in [2.05, 4.69) is 19.4 Å². The molecule has 0 radical (unpaired) electrons. The standard InChI is InChI=1S/C20H25N5O2S/c1-14-9-15(2)25(22-14)11-17(26)10-23(12-18-5-4-7-27-18)13-19-16(3)21-20-24(19)6-8-28-20/h4-9,17,26H,10-13H2,1-3H3. The van der Waals surface area contributed by atoms with E-state index in [9.17, 15) is 5.11 Å². The van der Waals surface area contributed by atoms with Gasteiger partial charge >= 0.3 is 0 Å². The first-order valence-corrected chi connectivity index (χ1v) is 10.2. The van der Waals surface area contributed by atoms with Crippen LogP contribution in [-0.4, -0.2) is 41.8 Å². The molecule has 0 aliphatic carbocycles. The number of rotatable bonds is 8. The molecule has 4 heterocycles. The quantitative estimate of drug-likeness (QED) is 0.493. The number of aliphatic hydroxyl groups excluding tert-OH is 1. The first-order valence-electron chi connectivity index (χ1n) is 9.34. The van der Waals surface area contributed by atoms with Crippen LogP contribution in [0.5, 0.6) is 0 Å². The lowest BCUT2D eigenvalue weighted by molar-refractivity contribution is 0.0830. The first kappa shape index (κ1) is 18.9. The molecule has 4 aromatic heterocycles. The lowest BCUT2D eigenvalue weighted by Gasteiger charge is -2.24. The van der Waals surface area contributed by atoms with Crippen molar-refractivity contribution >= 4 is 16.3 Å². The number of fused-ring (bicyclic) bond motifs is 1. The van der Waals surface area contributed by atoms with Gasteiger partial charge in [0.25, 0.3) is 0 Å². The van der Waals surface area contributed by atoms with E-state index >= 15 is 0 Å². The summed E-state index contributed by atoms with van der Waals surface area (Å²) in [6.45, 7) is 8.29. The third-order valence-corrected chi connectivity index (χ3v) is 5.61. The van der Waals surface area contributed by atoms with E-state index in [1.807, 2.05) is 55.2 Å². The van der Waals surface area contributed by atoms with Gasteiger partial charge in [0.2, 0.25) is 0 Å². The van der Waals surface area contributed by atoms with Crippen molar-refractivity contribution in [1.82, 2.24) is 24.1 Å². The number of hydrogen-bond acceptors (Lipinski definition) is 6. The molecule has 0 bridgehead atoms. The van der Waals surface area contributed by atoms with Crippen molar-refractivity contribution in [1.29, 1.82) is 0 Å². The molecule has 1 atom stereocenters.